The van der Waals surface area contributed by atoms with Gasteiger partial charge in [0.2, 0.25) is 0 Å². The first-order valence-corrected chi connectivity index (χ1v) is 4.22. The second kappa shape index (κ2) is 4.73. The molecule has 1 rings (SSSR count). The van der Waals surface area contributed by atoms with E-state index in [0.717, 1.165) is 0 Å². The van der Waals surface area contributed by atoms with Gasteiger partial charge in [-0.3, -0.25) is 10.1 Å². The van der Waals surface area contributed by atoms with Gasteiger partial charge in [0.05, 0.1) is 4.92 Å². The molecule has 1 aromatic rings. The Labute approximate surface area is 90.2 Å². The molecule has 0 aromatic heterocycles. The first-order chi connectivity index (χ1) is 7.45. The van der Waals surface area contributed by atoms with Gasteiger partial charge in [0, 0.05) is 13.1 Å². The van der Waals surface area contributed by atoms with Crippen molar-refractivity contribution >= 4 is 11.4 Å². The summed E-state index contributed by atoms with van der Waals surface area (Å²) >= 11 is 0. The molecule has 0 fully saturated rings. The zero-order chi connectivity index (χ0) is 12.3. The van der Waals surface area contributed by atoms with Crippen molar-refractivity contribution in [3.8, 4) is 5.75 Å². The molecule has 0 bridgehead atoms. The Hall–Kier alpha value is -1.92. The predicted octanol–water partition coefficient (Wildman–Crippen LogP) is 2.42. The Kier molecular flexibility index (Phi) is 3.60. The number of alkyl halides is 2. The molecule has 0 aliphatic rings. The Bertz CT molecular complexity index is 410. The Morgan fingerprint density at radius 1 is 1.56 bits per heavy atom. The van der Waals surface area contributed by atoms with Crippen LogP contribution in [0.1, 0.15) is 5.56 Å². The molecule has 0 saturated heterocycles. The molecule has 1 aromatic carbocycles. The van der Waals surface area contributed by atoms with Crippen LogP contribution in [0.4, 0.5) is 20.2 Å². The normalized spacial score (nSPS) is 10.3. The van der Waals surface area contributed by atoms with Crippen molar-refractivity contribution < 1.29 is 18.4 Å². The molecule has 1 radical (unpaired) electrons. The number of hydrogen-bond acceptors (Lipinski definition) is 4. The zero-order valence-corrected chi connectivity index (χ0v) is 8.37. The molecule has 0 amide bonds. The monoisotopic (exact) mass is 231 g/mol. The fourth-order valence-corrected chi connectivity index (χ4v) is 1.24. The highest BCUT2D eigenvalue weighted by Crippen LogP contribution is 2.36. The van der Waals surface area contributed by atoms with Gasteiger partial charge in [0.25, 0.3) is 5.69 Å². The average molecular weight is 231 g/mol. The molecule has 0 spiro atoms. The van der Waals surface area contributed by atoms with Gasteiger partial charge in [-0.1, -0.05) is 0 Å². The van der Waals surface area contributed by atoms with Gasteiger partial charge in [-0.2, -0.15) is 8.78 Å². The quantitative estimate of drug-likeness (QED) is 0.638. The third-order valence-corrected chi connectivity index (χ3v) is 1.80. The van der Waals surface area contributed by atoms with E-state index in [1.807, 2.05) is 0 Å². The van der Waals surface area contributed by atoms with E-state index < -0.39 is 11.5 Å². The van der Waals surface area contributed by atoms with Crippen molar-refractivity contribution in [2.75, 3.05) is 12.4 Å². The number of nitrogens with one attached hydrogen (secondary N) is 1. The van der Waals surface area contributed by atoms with Crippen LogP contribution in [-0.2, 0) is 0 Å². The van der Waals surface area contributed by atoms with Crippen LogP contribution in [0, 0.1) is 17.0 Å². The summed E-state index contributed by atoms with van der Waals surface area (Å²) in [6.45, 7) is 0.402. The lowest BCUT2D eigenvalue weighted by atomic mass is 10.1. The molecular weight excluding hydrogens is 222 g/mol. The summed E-state index contributed by atoms with van der Waals surface area (Å²) in [5.74, 6) is -0.295. The van der Waals surface area contributed by atoms with Crippen molar-refractivity contribution in [3.63, 3.8) is 0 Å². The minimum atomic E-state index is -3.05. The maximum atomic E-state index is 12.1. The number of rotatable bonds is 4. The van der Waals surface area contributed by atoms with Gasteiger partial charge in [0.15, 0.2) is 11.4 Å². The SMILES string of the molecule is [CH2]c1cc(OC(F)F)c(NC)c([N+](=O)[O-])c1. The number of nitro benzene ring substituents is 1. The molecule has 0 aliphatic heterocycles. The summed E-state index contributed by atoms with van der Waals surface area (Å²) in [5, 5.41) is 13.1. The number of anilines is 1. The molecule has 1 N–H and O–H groups in total. The van der Waals surface area contributed by atoms with E-state index in [1.165, 1.54) is 19.2 Å². The fraction of sp³-hybridized carbons (Fsp3) is 0.222. The van der Waals surface area contributed by atoms with Gasteiger partial charge in [-0.15, -0.1) is 0 Å². The summed E-state index contributed by atoms with van der Waals surface area (Å²) < 4.78 is 28.3. The van der Waals surface area contributed by atoms with Gasteiger partial charge >= 0.3 is 6.61 Å². The molecule has 7 heteroatoms. The molecule has 5 nitrogen and oxygen atoms in total. The molecule has 0 saturated carbocycles. The standard InChI is InChI=1S/C9H9F2N2O3/c1-5-3-6(13(14)15)8(12-2)7(4-5)16-9(10)11/h3-4,9,12H,1H2,2H3. The summed E-state index contributed by atoms with van der Waals surface area (Å²) in [5.41, 5.74) is -0.232. The van der Waals surface area contributed by atoms with Crippen LogP contribution in [0.25, 0.3) is 0 Å². The number of nitro groups is 1. The average Bonchev–Trinajstić information content (AvgIpc) is 2.15. The topological polar surface area (TPSA) is 64.4 Å². The second-order valence-corrected chi connectivity index (χ2v) is 2.87. The van der Waals surface area contributed by atoms with E-state index in [4.69, 9.17) is 0 Å². The molecule has 87 valence electrons. The molecule has 0 atom stereocenters. The third kappa shape index (κ3) is 2.56. The highest BCUT2D eigenvalue weighted by molar-refractivity contribution is 5.71. The van der Waals surface area contributed by atoms with E-state index in [1.54, 1.807) is 0 Å². The largest absolute Gasteiger partial charge is 0.432 e. The number of benzene rings is 1. The summed E-state index contributed by atoms with van der Waals surface area (Å²) in [4.78, 5) is 9.97. The van der Waals surface area contributed by atoms with Crippen molar-refractivity contribution in [1.82, 2.24) is 0 Å². The Morgan fingerprint density at radius 2 is 2.19 bits per heavy atom. The lowest BCUT2D eigenvalue weighted by Gasteiger charge is -2.11. The first kappa shape index (κ1) is 12.2. The lowest BCUT2D eigenvalue weighted by molar-refractivity contribution is -0.384. The summed E-state index contributed by atoms with van der Waals surface area (Å²) in [7, 11) is 1.38. The highest BCUT2D eigenvalue weighted by Gasteiger charge is 2.20. The number of ether oxygens (including phenoxy) is 1. The van der Waals surface area contributed by atoms with Crippen LogP contribution in [0.2, 0.25) is 0 Å². The number of hydrogen-bond donors (Lipinski definition) is 1. The van der Waals surface area contributed by atoms with Crippen molar-refractivity contribution in [1.29, 1.82) is 0 Å². The van der Waals surface area contributed by atoms with E-state index >= 15 is 0 Å². The van der Waals surface area contributed by atoms with E-state index in [-0.39, 0.29) is 22.7 Å². The molecule has 0 unspecified atom stereocenters. The number of nitrogens with zero attached hydrogens (tertiary/aromatic N) is 1. The number of halogens is 2. The van der Waals surface area contributed by atoms with Gasteiger partial charge < -0.3 is 10.1 Å². The zero-order valence-electron chi connectivity index (χ0n) is 8.37. The van der Waals surface area contributed by atoms with Crippen molar-refractivity contribution in [2.45, 2.75) is 6.61 Å². The Morgan fingerprint density at radius 3 is 2.62 bits per heavy atom. The second-order valence-electron chi connectivity index (χ2n) is 2.87. The van der Waals surface area contributed by atoms with Crippen LogP contribution < -0.4 is 10.1 Å². The van der Waals surface area contributed by atoms with E-state index in [2.05, 4.69) is 17.0 Å². The maximum Gasteiger partial charge on any atom is 0.387 e. The van der Waals surface area contributed by atoms with Crippen LogP contribution in [0.5, 0.6) is 5.75 Å². The molecule has 0 heterocycles. The van der Waals surface area contributed by atoms with Gasteiger partial charge in [0.1, 0.15) is 0 Å². The lowest BCUT2D eigenvalue weighted by Crippen LogP contribution is -2.06. The van der Waals surface area contributed by atoms with Gasteiger partial charge in [-0.05, 0) is 18.6 Å². The third-order valence-electron chi connectivity index (χ3n) is 1.80. The maximum absolute atomic E-state index is 12.1. The van der Waals surface area contributed by atoms with E-state index in [0.29, 0.717) is 0 Å². The first-order valence-electron chi connectivity index (χ1n) is 4.22. The fourth-order valence-electron chi connectivity index (χ4n) is 1.24. The molecular formula is C9H9F2N2O3. The summed E-state index contributed by atoms with van der Waals surface area (Å²) in [6, 6.07) is 2.37. The van der Waals surface area contributed by atoms with Gasteiger partial charge in [-0.25, -0.2) is 0 Å². The Balaban J connectivity index is 3.30. The van der Waals surface area contributed by atoms with Crippen LogP contribution in [0.15, 0.2) is 12.1 Å². The van der Waals surface area contributed by atoms with E-state index in [9.17, 15) is 18.9 Å². The molecule has 0 aliphatic carbocycles. The minimum Gasteiger partial charge on any atom is -0.432 e. The highest BCUT2D eigenvalue weighted by atomic mass is 19.3. The van der Waals surface area contributed by atoms with Crippen molar-refractivity contribution in [3.05, 3.63) is 34.7 Å². The van der Waals surface area contributed by atoms with Crippen LogP contribution in [-0.4, -0.2) is 18.6 Å². The van der Waals surface area contributed by atoms with Crippen LogP contribution in [0.3, 0.4) is 0 Å². The van der Waals surface area contributed by atoms with Crippen LogP contribution >= 0.6 is 0 Å². The van der Waals surface area contributed by atoms with Crippen molar-refractivity contribution in [2.24, 2.45) is 0 Å². The minimum absolute atomic E-state index is 0.0994. The molecule has 16 heavy (non-hydrogen) atoms. The smallest absolute Gasteiger partial charge is 0.387 e. The predicted molar refractivity (Wildman–Crippen MR) is 53.7 cm³/mol. The summed E-state index contributed by atoms with van der Waals surface area (Å²) in [6.07, 6.45) is 0.